The third-order valence-electron chi connectivity index (χ3n) is 4.65. The molecule has 140 valence electrons. The third-order valence-corrected chi connectivity index (χ3v) is 4.65. The number of amides is 1. The number of anilines is 1. The first kappa shape index (κ1) is 19.6. The van der Waals surface area contributed by atoms with Crippen molar-refractivity contribution < 1.29 is 14.3 Å². The first-order valence-electron chi connectivity index (χ1n) is 9.55. The van der Waals surface area contributed by atoms with Crippen molar-refractivity contribution in [2.24, 2.45) is 0 Å². The highest BCUT2D eigenvalue weighted by atomic mass is 16.5. The second-order valence-electron chi connectivity index (χ2n) is 6.60. The Morgan fingerprint density at radius 1 is 1.24 bits per heavy atom. The van der Waals surface area contributed by atoms with E-state index in [0.29, 0.717) is 18.1 Å². The Morgan fingerprint density at radius 3 is 2.76 bits per heavy atom. The number of likely N-dealkylation sites (tertiary alicyclic amines) is 1. The molecule has 1 aromatic rings. The summed E-state index contributed by atoms with van der Waals surface area (Å²) in [6.07, 6.45) is 6.40. The molecule has 1 fully saturated rings. The van der Waals surface area contributed by atoms with E-state index < -0.39 is 0 Å². The third kappa shape index (κ3) is 5.63. The van der Waals surface area contributed by atoms with Crippen molar-refractivity contribution in [3.8, 4) is 11.5 Å². The molecule has 0 spiro atoms. The lowest BCUT2D eigenvalue weighted by Gasteiger charge is -2.23. The highest BCUT2D eigenvalue weighted by Gasteiger charge is 2.30. The van der Waals surface area contributed by atoms with Gasteiger partial charge in [0.2, 0.25) is 5.91 Å². The number of benzene rings is 1. The fourth-order valence-electron chi connectivity index (χ4n) is 3.17. The van der Waals surface area contributed by atoms with E-state index in [1.165, 1.54) is 0 Å². The van der Waals surface area contributed by atoms with E-state index in [1.807, 2.05) is 18.2 Å². The molecule has 2 rings (SSSR count). The zero-order valence-corrected chi connectivity index (χ0v) is 15.8. The molecule has 0 bridgehead atoms. The summed E-state index contributed by atoms with van der Waals surface area (Å²) in [5, 5.41) is 3.06. The van der Waals surface area contributed by atoms with Crippen molar-refractivity contribution in [2.75, 3.05) is 32.1 Å². The highest BCUT2D eigenvalue weighted by molar-refractivity contribution is 5.95. The van der Waals surface area contributed by atoms with Crippen molar-refractivity contribution in [3.63, 3.8) is 0 Å². The molecular formula is C20H32N2O3. The number of hydrogen-bond donors (Lipinski definition) is 1. The Balaban J connectivity index is 2.00. The lowest BCUT2D eigenvalue weighted by molar-refractivity contribution is -0.120. The lowest BCUT2D eigenvalue weighted by Crippen LogP contribution is -2.40. The molecule has 25 heavy (non-hydrogen) atoms. The van der Waals surface area contributed by atoms with Crippen LogP contribution in [-0.4, -0.2) is 43.7 Å². The molecule has 1 heterocycles. The van der Waals surface area contributed by atoms with E-state index >= 15 is 0 Å². The minimum atomic E-state index is -0.0156. The number of hydrogen-bond acceptors (Lipinski definition) is 4. The van der Waals surface area contributed by atoms with Crippen LogP contribution < -0.4 is 14.8 Å². The molecule has 1 aliphatic rings. The second-order valence-corrected chi connectivity index (χ2v) is 6.60. The van der Waals surface area contributed by atoms with E-state index in [4.69, 9.17) is 9.47 Å². The van der Waals surface area contributed by atoms with Crippen LogP contribution in [0.4, 0.5) is 5.69 Å². The molecule has 1 amide bonds. The predicted octanol–water partition coefficient (Wildman–Crippen LogP) is 4.08. The Hall–Kier alpha value is -1.75. The average molecular weight is 348 g/mol. The zero-order chi connectivity index (χ0) is 18.1. The monoisotopic (exact) mass is 348 g/mol. The first-order valence-corrected chi connectivity index (χ1v) is 9.55. The molecule has 1 unspecified atom stereocenters. The molecule has 0 aliphatic carbocycles. The fraction of sp³-hybridized carbons (Fsp3) is 0.650. The smallest absolute Gasteiger partial charge is 0.241 e. The van der Waals surface area contributed by atoms with Gasteiger partial charge >= 0.3 is 0 Å². The average Bonchev–Trinajstić information content (AvgIpc) is 3.09. The van der Waals surface area contributed by atoms with Gasteiger partial charge in [-0.15, -0.1) is 0 Å². The minimum Gasteiger partial charge on any atom is -0.493 e. The predicted molar refractivity (Wildman–Crippen MR) is 102 cm³/mol. The summed E-state index contributed by atoms with van der Waals surface area (Å²) in [6.45, 7) is 6.98. The zero-order valence-electron chi connectivity index (χ0n) is 15.8. The van der Waals surface area contributed by atoms with Gasteiger partial charge in [0, 0.05) is 11.8 Å². The summed E-state index contributed by atoms with van der Waals surface area (Å²) in [7, 11) is 1.63. The fourth-order valence-corrected chi connectivity index (χ4v) is 3.17. The van der Waals surface area contributed by atoms with E-state index in [9.17, 15) is 4.79 Å². The molecule has 1 N–H and O–H groups in total. The van der Waals surface area contributed by atoms with Gasteiger partial charge in [-0.3, -0.25) is 9.69 Å². The van der Waals surface area contributed by atoms with Crippen molar-refractivity contribution in [1.82, 2.24) is 4.90 Å². The Morgan fingerprint density at radius 2 is 2.04 bits per heavy atom. The van der Waals surface area contributed by atoms with Gasteiger partial charge in [-0.2, -0.15) is 0 Å². The molecule has 0 saturated carbocycles. The first-order chi connectivity index (χ1) is 12.2. The van der Waals surface area contributed by atoms with Crippen LogP contribution in [-0.2, 0) is 4.79 Å². The number of methoxy groups -OCH3 is 1. The number of carbonyl (C=O) groups excluding carboxylic acids is 1. The van der Waals surface area contributed by atoms with Crippen molar-refractivity contribution in [2.45, 2.75) is 58.4 Å². The number of nitrogens with one attached hydrogen (secondary N) is 1. The maximum atomic E-state index is 12.7. The Labute approximate surface area is 151 Å². The van der Waals surface area contributed by atoms with Gasteiger partial charge < -0.3 is 14.8 Å². The number of nitrogens with zero attached hydrogens (tertiary/aromatic N) is 1. The SMILES string of the molecule is CCCCOc1cc(NC(=O)C2CCCN2CCCC)ccc1OC. The van der Waals surface area contributed by atoms with Gasteiger partial charge in [0.15, 0.2) is 11.5 Å². The van der Waals surface area contributed by atoms with Crippen LogP contribution in [0.2, 0.25) is 0 Å². The van der Waals surface area contributed by atoms with Crippen molar-refractivity contribution in [3.05, 3.63) is 18.2 Å². The van der Waals surface area contributed by atoms with Gasteiger partial charge in [-0.25, -0.2) is 0 Å². The topological polar surface area (TPSA) is 50.8 Å². The molecule has 0 radical (unpaired) electrons. The van der Waals surface area contributed by atoms with Crippen molar-refractivity contribution in [1.29, 1.82) is 0 Å². The number of ether oxygens (including phenoxy) is 2. The number of unbranched alkanes of at least 4 members (excludes halogenated alkanes) is 2. The van der Waals surface area contributed by atoms with Gasteiger partial charge in [0.1, 0.15) is 0 Å². The number of rotatable bonds is 10. The molecule has 0 aromatic heterocycles. The van der Waals surface area contributed by atoms with Gasteiger partial charge in [0.25, 0.3) is 0 Å². The molecule has 1 aliphatic heterocycles. The van der Waals surface area contributed by atoms with Gasteiger partial charge in [-0.05, 0) is 50.9 Å². The van der Waals surface area contributed by atoms with Crippen LogP contribution in [0.15, 0.2) is 18.2 Å². The molecule has 1 aromatic carbocycles. The van der Waals surface area contributed by atoms with Crippen molar-refractivity contribution >= 4 is 11.6 Å². The standard InChI is InChI=1S/C20H32N2O3/c1-4-6-12-22-13-8-9-17(22)20(23)21-16-10-11-18(24-3)19(15-16)25-14-7-5-2/h10-11,15,17H,4-9,12-14H2,1-3H3,(H,21,23). The van der Waals surface area contributed by atoms with E-state index in [0.717, 1.165) is 57.3 Å². The lowest BCUT2D eigenvalue weighted by atomic mass is 10.2. The normalized spacial score (nSPS) is 17.5. The van der Waals surface area contributed by atoms with E-state index in [2.05, 4.69) is 24.1 Å². The molecule has 5 heteroatoms. The van der Waals surface area contributed by atoms with E-state index in [-0.39, 0.29) is 11.9 Å². The molecule has 1 saturated heterocycles. The maximum absolute atomic E-state index is 12.7. The second kappa shape index (κ2) is 10.3. The van der Waals surface area contributed by atoms with Crippen LogP contribution >= 0.6 is 0 Å². The van der Waals surface area contributed by atoms with Gasteiger partial charge in [-0.1, -0.05) is 26.7 Å². The van der Waals surface area contributed by atoms with Crippen LogP contribution in [0.5, 0.6) is 11.5 Å². The maximum Gasteiger partial charge on any atom is 0.241 e. The number of carbonyl (C=O) groups is 1. The quantitative estimate of drug-likeness (QED) is 0.647. The summed E-state index contributed by atoms with van der Waals surface area (Å²) >= 11 is 0. The summed E-state index contributed by atoms with van der Waals surface area (Å²) in [6, 6.07) is 5.56. The van der Waals surface area contributed by atoms with Crippen LogP contribution in [0.3, 0.4) is 0 Å². The Kier molecular flexibility index (Phi) is 8.06. The Bertz CT molecular complexity index is 548. The summed E-state index contributed by atoms with van der Waals surface area (Å²) in [5.74, 6) is 1.46. The summed E-state index contributed by atoms with van der Waals surface area (Å²) < 4.78 is 11.2. The van der Waals surface area contributed by atoms with Crippen LogP contribution in [0, 0.1) is 0 Å². The minimum absolute atomic E-state index is 0.0156. The molecule has 5 nitrogen and oxygen atoms in total. The largest absolute Gasteiger partial charge is 0.493 e. The highest BCUT2D eigenvalue weighted by Crippen LogP contribution is 2.31. The van der Waals surface area contributed by atoms with Gasteiger partial charge in [0.05, 0.1) is 19.8 Å². The van der Waals surface area contributed by atoms with Crippen LogP contribution in [0.25, 0.3) is 0 Å². The summed E-state index contributed by atoms with van der Waals surface area (Å²) in [4.78, 5) is 15.0. The van der Waals surface area contributed by atoms with Crippen LogP contribution in [0.1, 0.15) is 52.4 Å². The molecular weight excluding hydrogens is 316 g/mol. The molecule has 1 atom stereocenters. The van der Waals surface area contributed by atoms with E-state index in [1.54, 1.807) is 7.11 Å². The summed E-state index contributed by atoms with van der Waals surface area (Å²) in [5.41, 5.74) is 0.764.